The van der Waals surface area contributed by atoms with E-state index in [0.29, 0.717) is 42.8 Å². The molecular weight excluding hydrogens is 349 g/mol. The molecule has 0 radical (unpaired) electrons. The molecule has 1 saturated carbocycles. The molecule has 1 saturated heterocycles. The third-order valence-corrected chi connectivity index (χ3v) is 5.07. The van der Waals surface area contributed by atoms with Crippen molar-refractivity contribution < 1.29 is 9.13 Å². The number of nitrogens with zero attached hydrogens (tertiary/aromatic N) is 4. The molecule has 2 aliphatic rings. The normalized spacial score (nSPS) is 17.6. The first kappa shape index (κ1) is 16.4. The molecule has 7 nitrogen and oxygen atoms in total. The van der Waals surface area contributed by atoms with Gasteiger partial charge in [-0.1, -0.05) is 0 Å². The first-order valence-corrected chi connectivity index (χ1v) is 9.27. The van der Waals surface area contributed by atoms with Gasteiger partial charge >= 0.3 is 0 Å². The molecule has 2 fully saturated rings. The fraction of sp³-hybridized carbons (Fsp3) is 0.421. The average molecular weight is 369 g/mol. The number of nitrogens with one attached hydrogen (secondary N) is 1. The van der Waals surface area contributed by atoms with Crippen LogP contribution in [0.2, 0.25) is 0 Å². The highest BCUT2D eigenvalue weighted by Gasteiger charge is 2.28. The van der Waals surface area contributed by atoms with Crippen LogP contribution in [0.5, 0.6) is 0 Å². The van der Waals surface area contributed by atoms with E-state index in [1.54, 1.807) is 6.07 Å². The zero-order valence-corrected chi connectivity index (χ0v) is 14.8. The number of imidazole rings is 1. The molecule has 5 rings (SSSR count). The van der Waals surface area contributed by atoms with Gasteiger partial charge in [0.2, 0.25) is 0 Å². The maximum Gasteiger partial charge on any atom is 0.252 e. The van der Waals surface area contributed by atoms with E-state index in [9.17, 15) is 9.18 Å². The number of hydrogen-bond donors (Lipinski definition) is 1. The fourth-order valence-corrected chi connectivity index (χ4v) is 3.67. The number of rotatable bonds is 4. The molecule has 3 aromatic rings. The second kappa shape index (κ2) is 6.45. The van der Waals surface area contributed by atoms with Crippen LogP contribution in [0.15, 0.2) is 29.1 Å². The Morgan fingerprint density at radius 3 is 2.78 bits per heavy atom. The molecule has 8 heteroatoms. The van der Waals surface area contributed by atoms with Crippen molar-refractivity contribution >= 4 is 16.9 Å². The molecular formula is C19H20FN5O2. The smallest absolute Gasteiger partial charge is 0.252 e. The van der Waals surface area contributed by atoms with Gasteiger partial charge < -0.3 is 19.2 Å². The van der Waals surface area contributed by atoms with Gasteiger partial charge in [-0.3, -0.25) is 4.79 Å². The van der Waals surface area contributed by atoms with Gasteiger partial charge in [0.05, 0.1) is 30.7 Å². The van der Waals surface area contributed by atoms with E-state index in [2.05, 4.69) is 24.4 Å². The van der Waals surface area contributed by atoms with E-state index < -0.39 is 0 Å². The van der Waals surface area contributed by atoms with E-state index in [0.717, 1.165) is 37.3 Å². The van der Waals surface area contributed by atoms with Crippen LogP contribution in [-0.4, -0.2) is 45.8 Å². The fourth-order valence-electron chi connectivity index (χ4n) is 3.67. The van der Waals surface area contributed by atoms with Crippen LogP contribution in [0.3, 0.4) is 0 Å². The number of hydrogen-bond acceptors (Lipinski definition) is 5. The second-order valence-corrected chi connectivity index (χ2v) is 7.09. The topological polar surface area (TPSA) is 76.0 Å². The van der Waals surface area contributed by atoms with Crippen LogP contribution in [0.4, 0.5) is 10.2 Å². The maximum absolute atomic E-state index is 13.6. The Kier molecular flexibility index (Phi) is 3.93. The summed E-state index contributed by atoms with van der Waals surface area (Å²) >= 11 is 0. The standard InChI is InChI=1S/C19H20FN5O2/c20-12-1-4-15-14(9-12)21-18(25(15)13-2-3-13)10-16-22-17(11-19(26)23-16)24-5-7-27-8-6-24/h1,4,9,11,13H,2-3,5-8,10H2,(H,22,23,26). The SMILES string of the molecule is O=c1cc(N2CCOCC2)nc(Cc2nc3cc(F)ccc3n2C2CC2)[nH]1. The predicted molar refractivity (Wildman–Crippen MR) is 98.7 cm³/mol. The van der Waals surface area contributed by atoms with E-state index >= 15 is 0 Å². The van der Waals surface area contributed by atoms with Crippen LogP contribution in [0.1, 0.15) is 30.5 Å². The summed E-state index contributed by atoms with van der Waals surface area (Å²) in [5.41, 5.74) is 1.39. The van der Waals surface area contributed by atoms with Gasteiger partial charge in [-0.2, -0.15) is 0 Å². The Hall–Kier alpha value is -2.74. The van der Waals surface area contributed by atoms with Crippen LogP contribution < -0.4 is 10.5 Å². The summed E-state index contributed by atoms with van der Waals surface area (Å²) in [5.74, 6) is 1.74. The molecule has 0 unspecified atom stereocenters. The molecule has 2 aromatic heterocycles. The van der Waals surface area contributed by atoms with Gasteiger partial charge in [-0.15, -0.1) is 0 Å². The number of aromatic amines is 1. The number of anilines is 1. The lowest BCUT2D eigenvalue weighted by Gasteiger charge is -2.27. The molecule has 27 heavy (non-hydrogen) atoms. The molecule has 1 aliphatic heterocycles. The number of halogens is 1. The third kappa shape index (κ3) is 3.21. The predicted octanol–water partition coefficient (Wildman–Crippen LogP) is 2.02. The largest absolute Gasteiger partial charge is 0.378 e. The Bertz CT molecular complexity index is 1050. The van der Waals surface area contributed by atoms with E-state index in [1.807, 2.05) is 0 Å². The van der Waals surface area contributed by atoms with Crippen molar-refractivity contribution in [1.29, 1.82) is 0 Å². The minimum atomic E-state index is -0.296. The molecule has 0 bridgehead atoms. The lowest BCUT2D eigenvalue weighted by atomic mass is 10.3. The van der Waals surface area contributed by atoms with Crippen molar-refractivity contribution in [3.63, 3.8) is 0 Å². The molecule has 1 N–H and O–H groups in total. The van der Waals surface area contributed by atoms with Gasteiger partial charge in [-0.05, 0) is 25.0 Å². The molecule has 3 heterocycles. The summed E-state index contributed by atoms with van der Waals surface area (Å²) < 4.78 is 21.1. The Morgan fingerprint density at radius 1 is 1.19 bits per heavy atom. The quantitative estimate of drug-likeness (QED) is 0.761. The summed E-state index contributed by atoms with van der Waals surface area (Å²) in [7, 11) is 0. The zero-order chi connectivity index (χ0) is 18.4. The summed E-state index contributed by atoms with van der Waals surface area (Å²) in [4.78, 5) is 26.3. The van der Waals surface area contributed by atoms with Crippen molar-refractivity contribution in [2.45, 2.75) is 25.3 Å². The van der Waals surface area contributed by atoms with Crippen molar-refractivity contribution in [1.82, 2.24) is 19.5 Å². The summed E-state index contributed by atoms with van der Waals surface area (Å²) in [6.07, 6.45) is 2.58. The lowest BCUT2D eigenvalue weighted by molar-refractivity contribution is 0.122. The number of fused-ring (bicyclic) bond motifs is 1. The molecule has 140 valence electrons. The Labute approximate surface area is 154 Å². The van der Waals surface area contributed by atoms with Crippen LogP contribution in [0.25, 0.3) is 11.0 Å². The second-order valence-electron chi connectivity index (χ2n) is 7.09. The lowest BCUT2D eigenvalue weighted by Crippen LogP contribution is -2.37. The summed E-state index contributed by atoms with van der Waals surface area (Å²) in [6.45, 7) is 2.70. The molecule has 1 aliphatic carbocycles. The highest BCUT2D eigenvalue weighted by atomic mass is 19.1. The van der Waals surface area contributed by atoms with Crippen LogP contribution in [0, 0.1) is 5.82 Å². The zero-order valence-electron chi connectivity index (χ0n) is 14.8. The van der Waals surface area contributed by atoms with E-state index in [4.69, 9.17) is 4.74 Å². The minimum Gasteiger partial charge on any atom is -0.378 e. The van der Waals surface area contributed by atoms with Gasteiger partial charge in [0.1, 0.15) is 23.3 Å². The van der Waals surface area contributed by atoms with Crippen molar-refractivity contribution in [3.8, 4) is 0 Å². The van der Waals surface area contributed by atoms with E-state index in [-0.39, 0.29) is 11.4 Å². The Balaban J connectivity index is 1.52. The van der Waals surface area contributed by atoms with E-state index in [1.165, 1.54) is 18.2 Å². The van der Waals surface area contributed by atoms with Gasteiger partial charge in [0.25, 0.3) is 5.56 Å². The first-order valence-electron chi connectivity index (χ1n) is 9.27. The number of morpholine rings is 1. The summed E-state index contributed by atoms with van der Waals surface area (Å²) in [5, 5.41) is 0. The highest BCUT2D eigenvalue weighted by molar-refractivity contribution is 5.76. The number of benzene rings is 1. The molecule has 0 atom stereocenters. The maximum atomic E-state index is 13.6. The highest BCUT2D eigenvalue weighted by Crippen LogP contribution is 2.39. The van der Waals surface area contributed by atoms with Gasteiger partial charge in [0.15, 0.2) is 0 Å². The number of H-pyrrole nitrogens is 1. The monoisotopic (exact) mass is 369 g/mol. The van der Waals surface area contributed by atoms with Crippen LogP contribution in [-0.2, 0) is 11.2 Å². The van der Waals surface area contributed by atoms with Gasteiger partial charge in [-0.25, -0.2) is 14.4 Å². The molecule has 0 amide bonds. The average Bonchev–Trinajstić information content (AvgIpc) is 3.43. The Morgan fingerprint density at radius 2 is 2.00 bits per heavy atom. The minimum absolute atomic E-state index is 0.179. The number of ether oxygens (including phenoxy) is 1. The van der Waals surface area contributed by atoms with Crippen molar-refractivity contribution in [3.05, 3.63) is 52.1 Å². The van der Waals surface area contributed by atoms with Gasteiger partial charge in [0, 0.05) is 31.3 Å². The van der Waals surface area contributed by atoms with Crippen molar-refractivity contribution in [2.24, 2.45) is 0 Å². The molecule has 1 aromatic carbocycles. The van der Waals surface area contributed by atoms with Crippen molar-refractivity contribution in [2.75, 3.05) is 31.2 Å². The number of aromatic nitrogens is 4. The first-order chi connectivity index (χ1) is 13.2. The third-order valence-electron chi connectivity index (χ3n) is 5.07. The summed E-state index contributed by atoms with van der Waals surface area (Å²) in [6, 6.07) is 6.61. The van der Waals surface area contributed by atoms with Crippen LogP contribution >= 0.6 is 0 Å². The molecule has 0 spiro atoms.